The summed E-state index contributed by atoms with van der Waals surface area (Å²) in [5, 5.41) is 8.70. The molecule has 0 radical (unpaired) electrons. The topological polar surface area (TPSA) is 101 Å². The van der Waals surface area contributed by atoms with Crippen LogP contribution in [0.5, 0.6) is 0 Å². The molecule has 6 heteroatoms. The summed E-state index contributed by atoms with van der Waals surface area (Å²) in [6, 6.07) is 0. The van der Waals surface area contributed by atoms with Gasteiger partial charge in [-0.1, -0.05) is 13.3 Å². The number of carbonyl (C=O) groups is 3. The highest BCUT2D eigenvalue weighted by Crippen LogP contribution is 2.04. The highest BCUT2D eigenvalue weighted by Gasteiger charge is 2.26. The van der Waals surface area contributed by atoms with Crippen LogP contribution in [0, 0.1) is 5.92 Å². The lowest BCUT2D eigenvalue weighted by atomic mass is 10.1. The molecule has 0 aromatic heterocycles. The van der Waals surface area contributed by atoms with Crippen molar-refractivity contribution in [2.24, 2.45) is 11.7 Å². The van der Waals surface area contributed by atoms with Crippen molar-refractivity contribution < 1.29 is 19.5 Å². The zero-order valence-corrected chi connectivity index (χ0v) is 9.60. The molecular formula is C10H18N2O4. The second-order valence-electron chi connectivity index (χ2n) is 3.64. The Bertz CT molecular complexity index is 278. The summed E-state index contributed by atoms with van der Waals surface area (Å²) in [4.78, 5) is 34.3. The number of rotatable bonds is 7. The maximum absolute atomic E-state index is 11.7. The molecule has 6 nitrogen and oxygen atoms in total. The minimum absolute atomic E-state index is 0.226. The van der Waals surface area contributed by atoms with Crippen LogP contribution < -0.4 is 5.73 Å². The molecule has 1 atom stereocenters. The highest BCUT2D eigenvalue weighted by molar-refractivity contribution is 5.97. The molecular weight excluding hydrogens is 212 g/mol. The summed E-state index contributed by atoms with van der Waals surface area (Å²) >= 11 is 0. The average molecular weight is 230 g/mol. The van der Waals surface area contributed by atoms with Gasteiger partial charge in [0.05, 0.1) is 6.54 Å². The zero-order valence-electron chi connectivity index (χ0n) is 9.60. The number of carboxylic acids is 1. The molecule has 0 aromatic rings. The first kappa shape index (κ1) is 14.4. The Morgan fingerprint density at radius 1 is 1.38 bits per heavy atom. The van der Waals surface area contributed by atoms with Crippen molar-refractivity contribution in [3.63, 3.8) is 0 Å². The lowest BCUT2D eigenvalue weighted by molar-refractivity contribution is -0.151. The number of carboxylic acid groups (broad SMARTS) is 1. The van der Waals surface area contributed by atoms with E-state index in [0.717, 1.165) is 6.42 Å². The van der Waals surface area contributed by atoms with Gasteiger partial charge in [0, 0.05) is 6.54 Å². The van der Waals surface area contributed by atoms with Crippen molar-refractivity contribution >= 4 is 17.8 Å². The van der Waals surface area contributed by atoms with E-state index in [4.69, 9.17) is 10.8 Å². The summed E-state index contributed by atoms with van der Waals surface area (Å²) in [6.07, 6.45) is 1.56. The number of carbonyl (C=O) groups excluding carboxylic acids is 2. The molecule has 0 saturated carbocycles. The largest absolute Gasteiger partial charge is 0.481 e. The van der Waals surface area contributed by atoms with Crippen molar-refractivity contribution in [2.45, 2.75) is 26.7 Å². The Morgan fingerprint density at radius 3 is 2.31 bits per heavy atom. The predicted octanol–water partition coefficient (Wildman–Crippen LogP) is -0.179. The fourth-order valence-electron chi connectivity index (χ4n) is 1.18. The van der Waals surface area contributed by atoms with Gasteiger partial charge in [0.1, 0.15) is 5.92 Å². The Morgan fingerprint density at radius 2 is 1.94 bits per heavy atom. The standard InChI is InChI=1S/C10H18N2O4/c1-3-4-5-12(6-8(11)13)9(14)7(2)10(15)16/h7H,3-6H2,1-2H3,(H2,11,13)(H,15,16). The highest BCUT2D eigenvalue weighted by atomic mass is 16.4. The molecule has 0 spiro atoms. The molecule has 3 N–H and O–H groups in total. The van der Waals surface area contributed by atoms with Crippen LogP contribution in [0.25, 0.3) is 0 Å². The smallest absolute Gasteiger partial charge is 0.315 e. The molecule has 0 rings (SSSR count). The van der Waals surface area contributed by atoms with Gasteiger partial charge in [-0.3, -0.25) is 14.4 Å². The Hall–Kier alpha value is -1.59. The van der Waals surface area contributed by atoms with Gasteiger partial charge < -0.3 is 15.7 Å². The molecule has 92 valence electrons. The first-order valence-corrected chi connectivity index (χ1v) is 5.20. The van der Waals surface area contributed by atoms with E-state index < -0.39 is 23.7 Å². The Balaban J connectivity index is 4.54. The number of nitrogens with two attached hydrogens (primary N) is 1. The zero-order chi connectivity index (χ0) is 12.7. The lowest BCUT2D eigenvalue weighted by Crippen LogP contribution is -2.43. The molecule has 0 aromatic carbocycles. The van der Waals surface area contributed by atoms with Crippen molar-refractivity contribution in [1.29, 1.82) is 0 Å². The first-order valence-electron chi connectivity index (χ1n) is 5.20. The maximum Gasteiger partial charge on any atom is 0.315 e. The number of hydrogen-bond acceptors (Lipinski definition) is 3. The predicted molar refractivity (Wildman–Crippen MR) is 57.5 cm³/mol. The molecule has 0 heterocycles. The molecule has 0 aliphatic heterocycles. The van der Waals surface area contributed by atoms with E-state index in [1.807, 2.05) is 6.92 Å². The van der Waals surface area contributed by atoms with Crippen molar-refractivity contribution in [2.75, 3.05) is 13.1 Å². The first-order chi connectivity index (χ1) is 7.40. The second-order valence-corrected chi connectivity index (χ2v) is 3.64. The quantitative estimate of drug-likeness (QED) is 0.592. The number of hydrogen-bond donors (Lipinski definition) is 2. The molecule has 16 heavy (non-hydrogen) atoms. The minimum atomic E-state index is -1.20. The molecule has 1 unspecified atom stereocenters. The monoisotopic (exact) mass is 230 g/mol. The van der Waals surface area contributed by atoms with Crippen LogP contribution in [-0.2, 0) is 14.4 Å². The fraction of sp³-hybridized carbons (Fsp3) is 0.700. The van der Waals surface area contributed by atoms with Crippen LogP contribution in [-0.4, -0.2) is 40.9 Å². The SMILES string of the molecule is CCCCN(CC(N)=O)C(=O)C(C)C(=O)O. The summed E-state index contributed by atoms with van der Waals surface area (Å²) in [5.41, 5.74) is 5.00. The third-order valence-electron chi connectivity index (χ3n) is 2.18. The van der Waals surface area contributed by atoms with Gasteiger partial charge in [-0.2, -0.15) is 0 Å². The van der Waals surface area contributed by atoms with E-state index >= 15 is 0 Å². The lowest BCUT2D eigenvalue weighted by Gasteiger charge is -2.22. The molecule has 0 saturated heterocycles. The van der Waals surface area contributed by atoms with E-state index in [2.05, 4.69) is 0 Å². The summed E-state index contributed by atoms with van der Waals surface area (Å²) < 4.78 is 0. The van der Waals surface area contributed by atoms with E-state index in [9.17, 15) is 14.4 Å². The van der Waals surface area contributed by atoms with Crippen LogP contribution in [0.3, 0.4) is 0 Å². The average Bonchev–Trinajstić information content (AvgIpc) is 2.21. The van der Waals surface area contributed by atoms with E-state index in [1.54, 1.807) is 0 Å². The van der Waals surface area contributed by atoms with Crippen molar-refractivity contribution in [3.8, 4) is 0 Å². The van der Waals surface area contributed by atoms with Gasteiger partial charge >= 0.3 is 5.97 Å². The normalized spacial score (nSPS) is 11.9. The molecule has 0 aliphatic rings. The van der Waals surface area contributed by atoms with Crippen LogP contribution >= 0.6 is 0 Å². The van der Waals surface area contributed by atoms with Crippen LogP contribution in [0.1, 0.15) is 26.7 Å². The molecule has 0 bridgehead atoms. The number of nitrogens with zero attached hydrogens (tertiary/aromatic N) is 1. The van der Waals surface area contributed by atoms with Gasteiger partial charge in [-0.25, -0.2) is 0 Å². The van der Waals surface area contributed by atoms with Gasteiger partial charge in [0.2, 0.25) is 11.8 Å². The van der Waals surface area contributed by atoms with Crippen molar-refractivity contribution in [1.82, 2.24) is 4.90 Å². The van der Waals surface area contributed by atoms with Crippen molar-refractivity contribution in [3.05, 3.63) is 0 Å². The van der Waals surface area contributed by atoms with Gasteiger partial charge in [-0.05, 0) is 13.3 Å². The minimum Gasteiger partial charge on any atom is -0.481 e. The molecule has 0 fully saturated rings. The van der Waals surface area contributed by atoms with E-state index in [1.165, 1.54) is 11.8 Å². The molecule has 0 aliphatic carbocycles. The van der Waals surface area contributed by atoms with Gasteiger partial charge in [0.25, 0.3) is 0 Å². The van der Waals surface area contributed by atoms with E-state index in [-0.39, 0.29) is 6.54 Å². The van der Waals surface area contributed by atoms with Crippen LogP contribution in [0.2, 0.25) is 0 Å². The Labute approximate surface area is 94.4 Å². The summed E-state index contributed by atoms with van der Waals surface area (Å²) in [6.45, 7) is 3.37. The maximum atomic E-state index is 11.7. The van der Waals surface area contributed by atoms with Gasteiger partial charge in [0.15, 0.2) is 0 Å². The van der Waals surface area contributed by atoms with Crippen LogP contribution in [0.15, 0.2) is 0 Å². The fourth-order valence-corrected chi connectivity index (χ4v) is 1.18. The number of amides is 2. The summed E-state index contributed by atoms with van der Waals surface area (Å²) in [7, 11) is 0. The van der Waals surface area contributed by atoms with Crippen LogP contribution in [0.4, 0.5) is 0 Å². The van der Waals surface area contributed by atoms with E-state index in [0.29, 0.717) is 13.0 Å². The summed E-state index contributed by atoms with van der Waals surface area (Å²) in [5.74, 6) is -3.55. The number of aliphatic carboxylic acids is 1. The number of unbranched alkanes of at least 4 members (excludes halogenated alkanes) is 1. The number of primary amides is 1. The molecule has 2 amide bonds. The third-order valence-corrected chi connectivity index (χ3v) is 2.18. The third kappa shape index (κ3) is 4.77. The Kier molecular flexibility index (Phi) is 6.14. The second kappa shape index (κ2) is 6.81. The van der Waals surface area contributed by atoms with Gasteiger partial charge in [-0.15, -0.1) is 0 Å².